The van der Waals surface area contributed by atoms with Crippen molar-refractivity contribution < 1.29 is 19.4 Å². The second-order valence-corrected chi connectivity index (χ2v) is 6.55. The molecule has 116 valence electrons. The van der Waals surface area contributed by atoms with E-state index in [-0.39, 0.29) is 36.9 Å². The molecule has 5 nitrogen and oxygen atoms in total. The molecule has 6 heteroatoms. The van der Waals surface area contributed by atoms with E-state index in [1.807, 2.05) is 31.4 Å². The van der Waals surface area contributed by atoms with E-state index in [2.05, 4.69) is 0 Å². The predicted octanol–water partition coefficient (Wildman–Crippen LogP) is 2.33. The fourth-order valence-corrected chi connectivity index (χ4v) is 3.56. The molecule has 3 atom stereocenters. The minimum Gasteiger partial charge on any atom is -0.481 e. The molecule has 2 heterocycles. The van der Waals surface area contributed by atoms with Gasteiger partial charge in [0.15, 0.2) is 0 Å². The minimum atomic E-state index is -0.870. The molecule has 1 saturated heterocycles. The quantitative estimate of drug-likeness (QED) is 0.906. The van der Waals surface area contributed by atoms with Gasteiger partial charge in [0.1, 0.15) is 0 Å². The highest BCUT2D eigenvalue weighted by Crippen LogP contribution is 2.29. The Kier molecular flexibility index (Phi) is 5.36. The lowest BCUT2D eigenvalue weighted by molar-refractivity contribution is -0.144. The highest BCUT2D eigenvalue weighted by Gasteiger charge is 2.28. The molecule has 1 amide bonds. The van der Waals surface area contributed by atoms with Gasteiger partial charge in [0, 0.05) is 30.3 Å². The third kappa shape index (κ3) is 4.54. The lowest BCUT2D eigenvalue weighted by Crippen LogP contribution is -2.48. The summed E-state index contributed by atoms with van der Waals surface area (Å²) in [5.41, 5.74) is 0. The predicted molar refractivity (Wildman–Crippen MR) is 80.5 cm³/mol. The topological polar surface area (TPSA) is 66.8 Å². The van der Waals surface area contributed by atoms with E-state index >= 15 is 0 Å². The van der Waals surface area contributed by atoms with Crippen molar-refractivity contribution in [3.05, 3.63) is 22.4 Å². The van der Waals surface area contributed by atoms with Crippen LogP contribution in [-0.4, -0.2) is 47.2 Å². The van der Waals surface area contributed by atoms with Crippen LogP contribution in [-0.2, 0) is 14.3 Å². The standard InChI is InChI=1S/C15H21NO4S/c1-10-8-16(9-11(2)20-10)14(17)6-12(7-15(18)19)13-4-3-5-21-13/h3-5,10-12H,6-9H2,1-2H3,(H,18,19). The van der Waals surface area contributed by atoms with Gasteiger partial charge in [-0.25, -0.2) is 0 Å². The average molecular weight is 311 g/mol. The van der Waals surface area contributed by atoms with Crippen LogP contribution >= 0.6 is 11.3 Å². The zero-order valence-corrected chi connectivity index (χ0v) is 13.1. The number of carbonyl (C=O) groups excluding carboxylic acids is 1. The maximum absolute atomic E-state index is 12.5. The number of carbonyl (C=O) groups is 2. The molecular formula is C15H21NO4S. The molecule has 1 aliphatic rings. The Labute approximate surface area is 128 Å². The number of carboxylic acid groups (broad SMARTS) is 1. The summed E-state index contributed by atoms with van der Waals surface area (Å²) in [6.45, 7) is 5.05. The third-order valence-corrected chi connectivity index (χ3v) is 4.59. The van der Waals surface area contributed by atoms with Gasteiger partial charge in [0.05, 0.1) is 18.6 Å². The summed E-state index contributed by atoms with van der Waals surface area (Å²) in [7, 11) is 0. The van der Waals surface area contributed by atoms with Crippen molar-refractivity contribution in [3.8, 4) is 0 Å². The number of rotatable bonds is 5. The first-order valence-corrected chi connectivity index (χ1v) is 8.02. The zero-order chi connectivity index (χ0) is 15.4. The van der Waals surface area contributed by atoms with Crippen molar-refractivity contribution in [1.82, 2.24) is 4.90 Å². The van der Waals surface area contributed by atoms with Gasteiger partial charge in [0.2, 0.25) is 5.91 Å². The number of nitrogens with zero attached hydrogens (tertiary/aromatic N) is 1. The van der Waals surface area contributed by atoms with E-state index in [9.17, 15) is 9.59 Å². The Balaban J connectivity index is 2.02. The Hall–Kier alpha value is -1.40. The molecule has 0 bridgehead atoms. The molecule has 1 aromatic rings. The second-order valence-electron chi connectivity index (χ2n) is 5.57. The summed E-state index contributed by atoms with van der Waals surface area (Å²) in [6.07, 6.45) is 0.281. The van der Waals surface area contributed by atoms with Crippen LogP contribution in [0.1, 0.15) is 37.5 Å². The van der Waals surface area contributed by atoms with Crippen molar-refractivity contribution >= 4 is 23.2 Å². The average Bonchev–Trinajstić information content (AvgIpc) is 2.89. The van der Waals surface area contributed by atoms with Gasteiger partial charge in [-0.3, -0.25) is 9.59 Å². The van der Waals surface area contributed by atoms with E-state index in [1.165, 1.54) is 11.3 Å². The normalized spacial score (nSPS) is 23.8. The van der Waals surface area contributed by atoms with Gasteiger partial charge in [-0.2, -0.15) is 0 Å². The summed E-state index contributed by atoms with van der Waals surface area (Å²) in [6, 6.07) is 3.79. The van der Waals surface area contributed by atoms with E-state index < -0.39 is 5.97 Å². The molecule has 0 saturated carbocycles. The molecule has 0 spiro atoms. The van der Waals surface area contributed by atoms with Crippen LogP contribution in [0.4, 0.5) is 0 Å². The fraction of sp³-hybridized carbons (Fsp3) is 0.600. The van der Waals surface area contributed by atoms with Crippen LogP contribution in [0.5, 0.6) is 0 Å². The van der Waals surface area contributed by atoms with Gasteiger partial charge in [-0.05, 0) is 25.3 Å². The molecule has 2 rings (SSSR count). The van der Waals surface area contributed by atoms with Gasteiger partial charge >= 0.3 is 5.97 Å². The number of amides is 1. The summed E-state index contributed by atoms with van der Waals surface area (Å²) in [4.78, 5) is 26.2. The first kappa shape index (κ1) is 16.0. The van der Waals surface area contributed by atoms with Crippen LogP contribution < -0.4 is 0 Å². The molecular weight excluding hydrogens is 290 g/mol. The van der Waals surface area contributed by atoms with Crippen LogP contribution in [0.3, 0.4) is 0 Å². The number of hydrogen-bond acceptors (Lipinski definition) is 4. The van der Waals surface area contributed by atoms with E-state index in [0.717, 1.165) is 4.88 Å². The Morgan fingerprint density at radius 3 is 2.57 bits per heavy atom. The maximum Gasteiger partial charge on any atom is 0.304 e. The van der Waals surface area contributed by atoms with Crippen LogP contribution in [0.2, 0.25) is 0 Å². The highest BCUT2D eigenvalue weighted by atomic mass is 32.1. The number of carboxylic acids is 1. The van der Waals surface area contributed by atoms with E-state index in [0.29, 0.717) is 13.1 Å². The minimum absolute atomic E-state index is 0.0108. The van der Waals surface area contributed by atoms with Gasteiger partial charge in [-0.15, -0.1) is 11.3 Å². The lowest BCUT2D eigenvalue weighted by Gasteiger charge is -2.36. The number of ether oxygens (including phenoxy) is 1. The summed E-state index contributed by atoms with van der Waals surface area (Å²) >= 11 is 1.50. The Bertz CT molecular complexity index is 478. The second kappa shape index (κ2) is 7.04. The lowest BCUT2D eigenvalue weighted by atomic mass is 9.98. The molecule has 3 unspecified atom stereocenters. The Morgan fingerprint density at radius 1 is 1.38 bits per heavy atom. The fourth-order valence-electron chi connectivity index (χ4n) is 2.73. The zero-order valence-electron chi connectivity index (χ0n) is 12.3. The molecule has 1 aliphatic heterocycles. The van der Waals surface area contributed by atoms with Crippen LogP contribution in [0.25, 0.3) is 0 Å². The number of thiophene rings is 1. The molecule has 1 N–H and O–H groups in total. The van der Waals surface area contributed by atoms with Gasteiger partial charge < -0.3 is 14.7 Å². The summed E-state index contributed by atoms with van der Waals surface area (Å²) < 4.78 is 5.62. The van der Waals surface area contributed by atoms with Crippen LogP contribution in [0.15, 0.2) is 17.5 Å². The molecule has 21 heavy (non-hydrogen) atoms. The largest absolute Gasteiger partial charge is 0.481 e. The molecule has 0 aliphatic carbocycles. The van der Waals surface area contributed by atoms with Crippen molar-refractivity contribution in [2.24, 2.45) is 0 Å². The number of morpholine rings is 1. The molecule has 1 aromatic heterocycles. The SMILES string of the molecule is CC1CN(C(=O)CC(CC(=O)O)c2cccs2)CC(C)O1. The highest BCUT2D eigenvalue weighted by molar-refractivity contribution is 7.10. The first-order valence-electron chi connectivity index (χ1n) is 7.14. The Morgan fingerprint density at radius 2 is 2.05 bits per heavy atom. The van der Waals surface area contributed by atoms with Gasteiger partial charge in [-0.1, -0.05) is 6.07 Å². The van der Waals surface area contributed by atoms with Crippen molar-refractivity contribution in [2.75, 3.05) is 13.1 Å². The first-order chi connectivity index (χ1) is 9.95. The van der Waals surface area contributed by atoms with E-state index in [1.54, 1.807) is 4.90 Å². The number of hydrogen-bond donors (Lipinski definition) is 1. The van der Waals surface area contributed by atoms with Crippen molar-refractivity contribution in [3.63, 3.8) is 0 Å². The van der Waals surface area contributed by atoms with Gasteiger partial charge in [0.25, 0.3) is 0 Å². The third-order valence-electron chi connectivity index (χ3n) is 3.56. The summed E-state index contributed by atoms with van der Waals surface area (Å²) in [5.74, 6) is -1.11. The molecule has 1 fully saturated rings. The van der Waals surface area contributed by atoms with Crippen molar-refractivity contribution in [1.29, 1.82) is 0 Å². The summed E-state index contributed by atoms with van der Waals surface area (Å²) in [5, 5.41) is 11.0. The number of aliphatic carboxylic acids is 1. The smallest absolute Gasteiger partial charge is 0.304 e. The molecule has 0 aromatic carbocycles. The van der Waals surface area contributed by atoms with E-state index in [4.69, 9.17) is 9.84 Å². The molecule has 0 radical (unpaired) electrons. The van der Waals surface area contributed by atoms with Crippen molar-refractivity contribution in [2.45, 2.75) is 44.8 Å². The monoisotopic (exact) mass is 311 g/mol. The maximum atomic E-state index is 12.5. The van der Waals surface area contributed by atoms with Crippen LogP contribution in [0, 0.1) is 0 Å².